The van der Waals surface area contributed by atoms with Gasteiger partial charge in [-0.15, -0.1) is 0 Å². The first-order valence-electron chi connectivity index (χ1n) is 9.67. The molecule has 1 amide bonds. The fourth-order valence-electron chi connectivity index (χ4n) is 3.73. The smallest absolute Gasteiger partial charge is 0.252 e. The summed E-state index contributed by atoms with van der Waals surface area (Å²) in [4.78, 5) is 34.4. The highest BCUT2D eigenvalue weighted by Crippen LogP contribution is 2.18. The number of pyridine rings is 2. The Morgan fingerprint density at radius 2 is 1.96 bits per heavy atom. The molecule has 1 aromatic carbocycles. The molecule has 0 atom stereocenters. The number of benzene rings is 1. The number of aryl methyl sites for hydroxylation is 1. The van der Waals surface area contributed by atoms with E-state index in [-0.39, 0.29) is 23.9 Å². The van der Waals surface area contributed by atoms with Crippen LogP contribution in [0.25, 0.3) is 10.9 Å². The molecule has 2 N–H and O–H groups in total. The van der Waals surface area contributed by atoms with E-state index in [0.717, 1.165) is 48.3 Å². The van der Waals surface area contributed by atoms with Crippen molar-refractivity contribution in [2.75, 3.05) is 18.0 Å². The van der Waals surface area contributed by atoms with Gasteiger partial charge in [0.1, 0.15) is 5.82 Å². The van der Waals surface area contributed by atoms with E-state index in [2.05, 4.69) is 20.2 Å². The first kappa shape index (κ1) is 18.2. The van der Waals surface area contributed by atoms with Gasteiger partial charge in [0, 0.05) is 35.9 Å². The Hall–Kier alpha value is -3.15. The number of nitrogens with one attached hydrogen (secondary N) is 2. The molecule has 0 radical (unpaired) electrons. The van der Waals surface area contributed by atoms with Crippen LogP contribution >= 0.6 is 0 Å². The van der Waals surface area contributed by atoms with Crippen molar-refractivity contribution in [1.29, 1.82) is 0 Å². The Bertz CT molecular complexity index is 1050. The van der Waals surface area contributed by atoms with Crippen molar-refractivity contribution in [2.45, 2.75) is 32.2 Å². The summed E-state index contributed by atoms with van der Waals surface area (Å²) in [6.45, 7) is 3.71. The van der Waals surface area contributed by atoms with Gasteiger partial charge in [0.05, 0.1) is 6.42 Å². The number of piperidine rings is 1. The van der Waals surface area contributed by atoms with Crippen LogP contribution in [0.3, 0.4) is 0 Å². The summed E-state index contributed by atoms with van der Waals surface area (Å²) in [5.74, 6) is 0.889. The molecule has 6 heteroatoms. The Labute approximate surface area is 163 Å². The number of anilines is 1. The highest BCUT2D eigenvalue weighted by atomic mass is 16.2. The van der Waals surface area contributed by atoms with E-state index < -0.39 is 0 Å². The molecule has 4 rings (SSSR count). The van der Waals surface area contributed by atoms with Gasteiger partial charge in [-0.3, -0.25) is 9.59 Å². The largest absolute Gasteiger partial charge is 0.356 e. The fraction of sp³-hybridized carbons (Fsp3) is 0.318. The van der Waals surface area contributed by atoms with Gasteiger partial charge >= 0.3 is 0 Å². The molecule has 1 aliphatic heterocycles. The zero-order chi connectivity index (χ0) is 19.5. The Balaban J connectivity index is 1.35. The molecule has 1 fully saturated rings. The molecule has 0 aliphatic carbocycles. The predicted octanol–water partition coefficient (Wildman–Crippen LogP) is 2.56. The van der Waals surface area contributed by atoms with Crippen LogP contribution in [-0.4, -0.2) is 35.0 Å². The van der Waals surface area contributed by atoms with E-state index in [0.29, 0.717) is 5.56 Å². The highest BCUT2D eigenvalue weighted by Gasteiger charge is 2.22. The van der Waals surface area contributed by atoms with Crippen LogP contribution in [0.5, 0.6) is 0 Å². The van der Waals surface area contributed by atoms with Gasteiger partial charge in [0.15, 0.2) is 0 Å². The molecule has 6 nitrogen and oxygen atoms in total. The van der Waals surface area contributed by atoms with Crippen LogP contribution in [-0.2, 0) is 11.2 Å². The zero-order valence-corrected chi connectivity index (χ0v) is 15.9. The minimum atomic E-state index is -0.200. The number of hydrogen-bond donors (Lipinski definition) is 2. The summed E-state index contributed by atoms with van der Waals surface area (Å²) in [5, 5.41) is 4.02. The summed E-state index contributed by atoms with van der Waals surface area (Å²) in [6.07, 6.45) is 1.84. The van der Waals surface area contributed by atoms with Crippen LogP contribution < -0.4 is 15.8 Å². The molecule has 28 heavy (non-hydrogen) atoms. The molecular weight excluding hydrogens is 352 g/mol. The number of aromatic amines is 1. The summed E-state index contributed by atoms with van der Waals surface area (Å²) < 4.78 is 0. The average molecular weight is 376 g/mol. The second kappa shape index (κ2) is 7.84. The van der Waals surface area contributed by atoms with Gasteiger partial charge in [0.25, 0.3) is 5.56 Å². The molecule has 144 valence electrons. The standard InChI is InChI=1S/C22H24N4O2/c1-15-5-4-8-20(23-15)26-11-9-18(10-12-26)24-21(27)14-17-13-16-6-2-3-7-19(16)25-22(17)28/h2-8,13,18H,9-12,14H2,1H3,(H,24,27)(H,25,28). The number of aromatic nitrogens is 2. The van der Waals surface area contributed by atoms with E-state index in [1.54, 1.807) is 6.07 Å². The predicted molar refractivity (Wildman–Crippen MR) is 111 cm³/mol. The maximum atomic E-state index is 12.5. The molecule has 2 aromatic heterocycles. The van der Waals surface area contributed by atoms with Gasteiger partial charge in [-0.2, -0.15) is 0 Å². The van der Waals surface area contributed by atoms with E-state index >= 15 is 0 Å². The Kier molecular flexibility index (Phi) is 5.10. The van der Waals surface area contributed by atoms with Crippen molar-refractivity contribution in [3.8, 4) is 0 Å². The number of hydrogen-bond acceptors (Lipinski definition) is 4. The van der Waals surface area contributed by atoms with Gasteiger partial charge < -0.3 is 15.2 Å². The number of fused-ring (bicyclic) bond motifs is 1. The summed E-state index contributed by atoms with van der Waals surface area (Å²) >= 11 is 0. The first-order chi connectivity index (χ1) is 13.6. The Morgan fingerprint density at radius 1 is 1.18 bits per heavy atom. The van der Waals surface area contributed by atoms with Crippen LogP contribution in [0, 0.1) is 6.92 Å². The maximum Gasteiger partial charge on any atom is 0.252 e. The summed E-state index contributed by atoms with van der Waals surface area (Å²) in [7, 11) is 0. The lowest BCUT2D eigenvalue weighted by molar-refractivity contribution is -0.121. The number of para-hydroxylation sites is 1. The van der Waals surface area contributed by atoms with E-state index in [4.69, 9.17) is 0 Å². The van der Waals surface area contributed by atoms with Crippen molar-refractivity contribution in [3.05, 3.63) is 70.1 Å². The van der Waals surface area contributed by atoms with E-state index in [1.165, 1.54) is 0 Å². The van der Waals surface area contributed by atoms with Crippen LogP contribution in [0.1, 0.15) is 24.1 Å². The van der Waals surface area contributed by atoms with Crippen molar-refractivity contribution in [2.24, 2.45) is 0 Å². The van der Waals surface area contributed by atoms with E-state index in [1.807, 2.05) is 49.4 Å². The third-order valence-electron chi connectivity index (χ3n) is 5.24. The molecule has 0 bridgehead atoms. The number of amides is 1. The van der Waals surface area contributed by atoms with Crippen molar-refractivity contribution in [3.63, 3.8) is 0 Å². The van der Waals surface area contributed by atoms with Crippen molar-refractivity contribution in [1.82, 2.24) is 15.3 Å². The number of rotatable bonds is 4. The quantitative estimate of drug-likeness (QED) is 0.734. The average Bonchev–Trinajstić information content (AvgIpc) is 2.69. The van der Waals surface area contributed by atoms with Crippen molar-refractivity contribution < 1.29 is 4.79 Å². The number of carbonyl (C=O) groups excluding carboxylic acids is 1. The topological polar surface area (TPSA) is 78.1 Å². The third-order valence-corrected chi connectivity index (χ3v) is 5.24. The summed E-state index contributed by atoms with van der Waals surface area (Å²) in [5.41, 5.74) is 2.09. The molecule has 0 saturated carbocycles. The lowest BCUT2D eigenvalue weighted by Crippen LogP contribution is -2.45. The SMILES string of the molecule is Cc1cccc(N2CCC(NC(=O)Cc3cc4ccccc4[nH]c3=O)CC2)n1. The third kappa shape index (κ3) is 4.06. The number of carbonyl (C=O) groups is 1. The zero-order valence-electron chi connectivity index (χ0n) is 15.9. The molecule has 3 heterocycles. The lowest BCUT2D eigenvalue weighted by Gasteiger charge is -2.33. The van der Waals surface area contributed by atoms with Crippen LogP contribution in [0.4, 0.5) is 5.82 Å². The Morgan fingerprint density at radius 3 is 2.75 bits per heavy atom. The molecule has 0 unspecified atom stereocenters. The molecule has 3 aromatic rings. The van der Waals surface area contributed by atoms with Gasteiger partial charge in [0.2, 0.25) is 5.91 Å². The first-order valence-corrected chi connectivity index (χ1v) is 9.67. The van der Waals surface area contributed by atoms with Gasteiger partial charge in [-0.25, -0.2) is 4.98 Å². The van der Waals surface area contributed by atoms with Gasteiger partial charge in [-0.05, 0) is 49.4 Å². The number of H-pyrrole nitrogens is 1. The van der Waals surface area contributed by atoms with Crippen LogP contribution in [0.15, 0.2) is 53.3 Å². The lowest BCUT2D eigenvalue weighted by atomic mass is 10.0. The normalized spacial score (nSPS) is 15.0. The minimum Gasteiger partial charge on any atom is -0.356 e. The van der Waals surface area contributed by atoms with Crippen LogP contribution in [0.2, 0.25) is 0 Å². The monoisotopic (exact) mass is 376 g/mol. The molecule has 0 spiro atoms. The maximum absolute atomic E-state index is 12.5. The molecular formula is C22H24N4O2. The second-order valence-corrected chi connectivity index (χ2v) is 7.35. The van der Waals surface area contributed by atoms with Gasteiger partial charge in [-0.1, -0.05) is 24.3 Å². The minimum absolute atomic E-state index is 0.0970. The molecule has 1 saturated heterocycles. The summed E-state index contributed by atoms with van der Waals surface area (Å²) in [6, 6.07) is 15.6. The number of nitrogens with zero attached hydrogens (tertiary/aromatic N) is 2. The van der Waals surface area contributed by atoms with E-state index in [9.17, 15) is 9.59 Å². The molecule has 1 aliphatic rings. The van der Waals surface area contributed by atoms with Crippen molar-refractivity contribution >= 4 is 22.6 Å². The fourth-order valence-corrected chi connectivity index (χ4v) is 3.73. The second-order valence-electron chi connectivity index (χ2n) is 7.35. The highest BCUT2D eigenvalue weighted by molar-refractivity contribution is 5.82.